The molecule has 2 aromatic rings. The van der Waals surface area contributed by atoms with Crippen LogP contribution in [0.2, 0.25) is 0 Å². The Bertz CT molecular complexity index is 893. The van der Waals surface area contributed by atoms with Crippen LogP contribution in [0.5, 0.6) is 5.75 Å². The Morgan fingerprint density at radius 1 is 1.24 bits per heavy atom. The predicted octanol–water partition coefficient (Wildman–Crippen LogP) is 4.50. The third-order valence-electron chi connectivity index (χ3n) is 3.44. The van der Waals surface area contributed by atoms with E-state index in [2.05, 4.69) is 15.9 Å². The summed E-state index contributed by atoms with van der Waals surface area (Å²) in [4.78, 5) is 26.1. The first-order valence-electron chi connectivity index (χ1n) is 7.23. The lowest BCUT2D eigenvalue weighted by atomic mass is 10.2. The molecule has 7 heteroatoms. The van der Waals surface area contributed by atoms with Gasteiger partial charge in [-0.3, -0.25) is 9.69 Å². The summed E-state index contributed by atoms with van der Waals surface area (Å²) in [5.41, 5.74) is 1.29. The topological polar surface area (TPSA) is 46.6 Å². The number of nitrogens with zero attached hydrogens (tertiary/aromatic N) is 1. The largest absolute Gasteiger partial charge is 0.423 e. The van der Waals surface area contributed by atoms with Gasteiger partial charge in [0.15, 0.2) is 0 Å². The zero-order valence-electron chi connectivity index (χ0n) is 13.1. The van der Waals surface area contributed by atoms with Gasteiger partial charge >= 0.3 is 5.97 Å². The van der Waals surface area contributed by atoms with Gasteiger partial charge in [0, 0.05) is 11.5 Å². The highest BCUT2D eigenvalue weighted by Gasteiger charge is 2.28. The molecule has 1 saturated heterocycles. The minimum Gasteiger partial charge on any atom is -0.423 e. The molecule has 0 aliphatic carbocycles. The van der Waals surface area contributed by atoms with E-state index in [0.717, 1.165) is 10.0 Å². The van der Waals surface area contributed by atoms with Crippen molar-refractivity contribution in [2.24, 2.45) is 0 Å². The quantitative estimate of drug-likeness (QED) is 0.308. The molecule has 0 saturated carbocycles. The predicted molar refractivity (Wildman–Crippen MR) is 106 cm³/mol. The number of likely N-dealkylation sites (N-methyl/N-ethyl adjacent to an activating group) is 1. The standard InChI is InChI=1S/C18H12BrNO3S2/c1-20-16(21)15(25-18(20)24)9-11-5-7-14(8-6-11)23-17(22)12-3-2-4-13(19)10-12/h2-10H,1H3/b15-9-. The fraction of sp³-hybridized carbons (Fsp3) is 0.0556. The van der Waals surface area contributed by atoms with E-state index in [1.807, 2.05) is 6.07 Å². The highest BCUT2D eigenvalue weighted by Crippen LogP contribution is 2.31. The highest BCUT2D eigenvalue weighted by molar-refractivity contribution is 9.10. The molecule has 1 aliphatic rings. The number of esters is 1. The maximum Gasteiger partial charge on any atom is 0.343 e. The average Bonchev–Trinajstić information content (AvgIpc) is 2.83. The number of carbonyl (C=O) groups is 2. The summed E-state index contributed by atoms with van der Waals surface area (Å²) in [5.74, 6) is -0.105. The number of halogens is 1. The van der Waals surface area contributed by atoms with Gasteiger partial charge in [-0.1, -0.05) is 58.1 Å². The second kappa shape index (κ2) is 7.51. The first-order valence-corrected chi connectivity index (χ1v) is 9.25. The Hall–Kier alpha value is -1.96. The molecule has 1 amide bonds. The van der Waals surface area contributed by atoms with E-state index in [9.17, 15) is 9.59 Å². The molecule has 126 valence electrons. The summed E-state index contributed by atoms with van der Waals surface area (Å²) < 4.78 is 6.70. The van der Waals surface area contributed by atoms with E-state index >= 15 is 0 Å². The van der Waals surface area contributed by atoms with Gasteiger partial charge in [-0.2, -0.15) is 0 Å². The van der Waals surface area contributed by atoms with E-state index in [1.54, 1.807) is 55.6 Å². The number of rotatable bonds is 3. The fourth-order valence-corrected chi connectivity index (χ4v) is 3.69. The van der Waals surface area contributed by atoms with Crippen LogP contribution in [0, 0.1) is 0 Å². The van der Waals surface area contributed by atoms with Crippen molar-refractivity contribution in [1.29, 1.82) is 0 Å². The number of hydrogen-bond donors (Lipinski definition) is 0. The van der Waals surface area contributed by atoms with Crippen LogP contribution in [0.4, 0.5) is 0 Å². The Morgan fingerprint density at radius 3 is 2.56 bits per heavy atom. The molecule has 3 rings (SSSR count). The number of hydrogen-bond acceptors (Lipinski definition) is 5. The second-order valence-electron chi connectivity index (χ2n) is 5.21. The number of benzene rings is 2. The minimum absolute atomic E-state index is 0.111. The third kappa shape index (κ3) is 4.18. The van der Waals surface area contributed by atoms with Crippen LogP contribution in [0.25, 0.3) is 6.08 Å². The van der Waals surface area contributed by atoms with Crippen molar-refractivity contribution in [2.45, 2.75) is 0 Å². The van der Waals surface area contributed by atoms with Crippen LogP contribution in [-0.2, 0) is 4.79 Å². The lowest BCUT2D eigenvalue weighted by molar-refractivity contribution is -0.121. The Kier molecular flexibility index (Phi) is 5.36. The molecular formula is C18H12BrNO3S2. The smallest absolute Gasteiger partial charge is 0.343 e. The first kappa shape index (κ1) is 17.8. The maximum absolute atomic E-state index is 12.1. The summed E-state index contributed by atoms with van der Waals surface area (Å²) in [7, 11) is 1.66. The van der Waals surface area contributed by atoms with E-state index in [0.29, 0.717) is 20.5 Å². The molecule has 0 spiro atoms. The van der Waals surface area contributed by atoms with E-state index in [4.69, 9.17) is 17.0 Å². The van der Waals surface area contributed by atoms with Crippen LogP contribution >= 0.6 is 39.9 Å². The van der Waals surface area contributed by atoms with Crippen molar-refractivity contribution in [2.75, 3.05) is 7.05 Å². The molecule has 0 unspecified atom stereocenters. The molecule has 1 fully saturated rings. The molecule has 0 bridgehead atoms. The third-order valence-corrected chi connectivity index (χ3v) is 5.41. The molecule has 0 atom stereocenters. The van der Waals surface area contributed by atoms with Crippen LogP contribution in [0.1, 0.15) is 15.9 Å². The van der Waals surface area contributed by atoms with Gasteiger partial charge in [0.05, 0.1) is 10.5 Å². The lowest BCUT2D eigenvalue weighted by Gasteiger charge is -2.05. The maximum atomic E-state index is 12.1. The van der Waals surface area contributed by atoms with Gasteiger partial charge in [-0.05, 0) is 42.0 Å². The van der Waals surface area contributed by atoms with E-state index in [-0.39, 0.29) is 5.91 Å². The van der Waals surface area contributed by atoms with Gasteiger partial charge in [-0.25, -0.2) is 4.79 Å². The van der Waals surface area contributed by atoms with Gasteiger partial charge in [-0.15, -0.1) is 0 Å². The summed E-state index contributed by atoms with van der Waals surface area (Å²) in [6.07, 6.45) is 1.77. The summed E-state index contributed by atoms with van der Waals surface area (Å²) in [6.45, 7) is 0. The van der Waals surface area contributed by atoms with Crippen molar-refractivity contribution >= 4 is 62.2 Å². The number of thioether (sulfide) groups is 1. The van der Waals surface area contributed by atoms with Crippen molar-refractivity contribution in [1.82, 2.24) is 4.90 Å². The number of carbonyl (C=O) groups excluding carboxylic acids is 2. The van der Waals surface area contributed by atoms with Crippen molar-refractivity contribution < 1.29 is 14.3 Å². The summed E-state index contributed by atoms with van der Waals surface area (Å²) in [5, 5.41) is 0. The Balaban J connectivity index is 1.72. The van der Waals surface area contributed by atoms with Crippen molar-refractivity contribution in [3.8, 4) is 5.75 Å². The monoisotopic (exact) mass is 433 g/mol. The van der Waals surface area contributed by atoms with Gasteiger partial charge in [0.25, 0.3) is 5.91 Å². The number of thiocarbonyl (C=S) groups is 1. The zero-order chi connectivity index (χ0) is 18.0. The molecule has 1 heterocycles. The molecule has 0 aromatic heterocycles. The van der Waals surface area contributed by atoms with Gasteiger partial charge in [0.2, 0.25) is 0 Å². The first-order chi connectivity index (χ1) is 11.9. The molecular weight excluding hydrogens is 422 g/mol. The van der Waals surface area contributed by atoms with E-state index < -0.39 is 5.97 Å². The van der Waals surface area contributed by atoms with Crippen LogP contribution < -0.4 is 4.74 Å². The lowest BCUT2D eigenvalue weighted by Crippen LogP contribution is -2.22. The van der Waals surface area contributed by atoms with Crippen LogP contribution in [0.15, 0.2) is 57.9 Å². The van der Waals surface area contributed by atoms with Crippen LogP contribution in [0.3, 0.4) is 0 Å². The minimum atomic E-state index is -0.430. The summed E-state index contributed by atoms with van der Waals surface area (Å²) >= 11 is 9.70. The molecule has 2 aromatic carbocycles. The summed E-state index contributed by atoms with van der Waals surface area (Å²) in [6, 6.07) is 13.9. The normalized spacial score (nSPS) is 15.8. The zero-order valence-corrected chi connectivity index (χ0v) is 16.3. The van der Waals surface area contributed by atoms with Crippen LogP contribution in [-0.4, -0.2) is 28.1 Å². The van der Waals surface area contributed by atoms with E-state index in [1.165, 1.54) is 16.7 Å². The second-order valence-corrected chi connectivity index (χ2v) is 7.80. The Labute approximate surface area is 163 Å². The SMILES string of the molecule is CN1C(=O)/C(=C/c2ccc(OC(=O)c3cccc(Br)c3)cc2)SC1=S. The molecule has 0 N–H and O–H groups in total. The Morgan fingerprint density at radius 2 is 1.96 bits per heavy atom. The van der Waals surface area contributed by atoms with Gasteiger partial charge < -0.3 is 4.74 Å². The number of amides is 1. The van der Waals surface area contributed by atoms with Crippen molar-refractivity contribution in [3.05, 3.63) is 69.0 Å². The van der Waals surface area contributed by atoms with Gasteiger partial charge in [0.1, 0.15) is 10.1 Å². The molecule has 25 heavy (non-hydrogen) atoms. The molecule has 1 aliphatic heterocycles. The molecule has 4 nitrogen and oxygen atoms in total. The number of ether oxygens (including phenoxy) is 1. The highest BCUT2D eigenvalue weighted by atomic mass is 79.9. The molecule has 0 radical (unpaired) electrons. The fourth-order valence-electron chi connectivity index (χ4n) is 2.11. The average molecular weight is 434 g/mol. The van der Waals surface area contributed by atoms with Crippen molar-refractivity contribution in [3.63, 3.8) is 0 Å².